The minimum atomic E-state index is -0.238. The van der Waals surface area contributed by atoms with Crippen LogP contribution in [0.15, 0.2) is 12.1 Å². The maximum Gasteiger partial charge on any atom is 0.319 e. The van der Waals surface area contributed by atoms with Crippen LogP contribution >= 0.6 is 0 Å². The lowest BCUT2D eigenvalue weighted by atomic mass is 10.1. The second kappa shape index (κ2) is 6.43. The lowest BCUT2D eigenvalue weighted by Crippen LogP contribution is -2.25. The molecule has 19 heavy (non-hydrogen) atoms. The molecule has 0 radical (unpaired) electrons. The molecule has 0 spiro atoms. The number of benzene rings is 1. The molecule has 0 amide bonds. The fourth-order valence-electron chi connectivity index (χ4n) is 1.93. The van der Waals surface area contributed by atoms with Crippen molar-refractivity contribution in [3.8, 4) is 11.5 Å². The topological polar surface area (TPSA) is 56.8 Å². The van der Waals surface area contributed by atoms with Gasteiger partial charge in [0.2, 0.25) is 0 Å². The molecule has 0 atom stereocenters. The first-order valence-electron chi connectivity index (χ1n) is 6.46. The van der Waals surface area contributed by atoms with Crippen LogP contribution < -0.4 is 14.8 Å². The highest BCUT2D eigenvalue weighted by atomic mass is 16.6. The smallest absolute Gasteiger partial charge is 0.319 e. The lowest BCUT2D eigenvalue weighted by molar-refractivity contribution is -0.142. The van der Waals surface area contributed by atoms with Crippen LogP contribution in [0, 0.1) is 6.92 Å². The molecule has 0 saturated carbocycles. The van der Waals surface area contributed by atoms with Crippen molar-refractivity contribution in [1.29, 1.82) is 0 Å². The van der Waals surface area contributed by atoms with Crippen LogP contribution in [0.2, 0.25) is 0 Å². The highest BCUT2D eigenvalue weighted by Crippen LogP contribution is 2.32. The van der Waals surface area contributed by atoms with Crippen LogP contribution in [0.25, 0.3) is 0 Å². The zero-order chi connectivity index (χ0) is 13.7. The van der Waals surface area contributed by atoms with Crippen LogP contribution in [0.5, 0.6) is 11.5 Å². The second-order valence-electron chi connectivity index (χ2n) is 4.33. The van der Waals surface area contributed by atoms with Gasteiger partial charge in [-0.1, -0.05) is 0 Å². The molecule has 0 fully saturated rings. The van der Waals surface area contributed by atoms with Crippen molar-refractivity contribution in [2.45, 2.75) is 20.4 Å². The van der Waals surface area contributed by atoms with E-state index < -0.39 is 0 Å². The summed E-state index contributed by atoms with van der Waals surface area (Å²) in [5, 5.41) is 3.06. The Labute approximate surface area is 112 Å². The Kier molecular flexibility index (Phi) is 4.63. The number of ether oxygens (including phenoxy) is 3. The molecule has 0 bridgehead atoms. The van der Waals surface area contributed by atoms with Crippen LogP contribution in [0.4, 0.5) is 0 Å². The molecule has 1 aromatic carbocycles. The molecule has 0 aromatic heterocycles. The van der Waals surface area contributed by atoms with Gasteiger partial charge in [-0.05, 0) is 37.1 Å². The number of aryl methyl sites for hydroxylation is 1. The van der Waals surface area contributed by atoms with Crippen molar-refractivity contribution in [3.63, 3.8) is 0 Å². The van der Waals surface area contributed by atoms with E-state index in [2.05, 4.69) is 5.32 Å². The van der Waals surface area contributed by atoms with Gasteiger partial charge in [0.1, 0.15) is 13.2 Å². The fraction of sp³-hybridized carbons (Fsp3) is 0.500. The maximum atomic E-state index is 11.2. The van der Waals surface area contributed by atoms with Crippen molar-refractivity contribution in [2.24, 2.45) is 0 Å². The molecule has 1 aliphatic heterocycles. The van der Waals surface area contributed by atoms with E-state index in [1.54, 1.807) is 6.92 Å². The molecule has 0 aliphatic carbocycles. The number of hydrogen-bond donors (Lipinski definition) is 1. The standard InChI is InChI=1S/C14H19NO4/c1-3-17-14(16)9-15-8-11-7-13-12(6-10(11)2)18-4-5-19-13/h6-7,15H,3-5,8-9H2,1-2H3. The van der Waals surface area contributed by atoms with Gasteiger partial charge in [-0.3, -0.25) is 4.79 Å². The van der Waals surface area contributed by atoms with E-state index in [0.717, 1.165) is 22.6 Å². The number of esters is 1. The Morgan fingerprint density at radius 3 is 2.68 bits per heavy atom. The summed E-state index contributed by atoms with van der Waals surface area (Å²) in [6.45, 7) is 6.19. The molecular formula is C14H19NO4. The first-order chi connectivity index (χ1) is 9.20. The van der Waals surface area contributed by atoms with E-state index in [-0.39, 0.29) is 12.5 Å². The highest BCUT2D eigenvalue weighted by Gasteiger charge is 2.14. The summed E-state index contributed by atoms with van der Waals surface area (Å²) in [5.74, 6) is 1.32. The van der Waals surface area contributed by atoms with Crippen molar-refractivity contribution >= 4 is 5.97 Å². The highest BCUT2D eigenvalue weighted by molar-refractivity contribution is 5.71. The van der Waals surface area contributed by atoms with Crippen LogP contribution in [0.3, 0.4) is 0 Å². The third-order valence-corrected chi connectivity index (χ3v) is 2.89. The molecule has 5 nitrogen and oxygen atoms in total. The summed E-state index contributed by atoms with van der Waals surface area (Å²) in [6.07, 6.45) is 0. The largest absolute Gasteiger partial charge is 0.486 e. The van der Waals surface area contributed by atoms with Crippen molar-refractivity contribution in [3.05, 3.63) is 23.3 Å². The third kappa shape index (κ3) is 3.61. The summed E-state index contributed by atoms with van der Waals surface area (Å²) in [6, 6.07) is 3.93. The molecule has 0 saturated heterocycles. The Morgan fingerprint density at radius 2 is 2.00 bits per heavy atom. The van der Waals surface area contributed by atoms with Gasteiger partial charge in [-0.25, -0.2) is 0 Å². The fourth-order valence-corrected chi connectivity index (χ4v) is 1.93. The summed E-state index contributed by atoms with van der Waals surface area (Å²) in [7, 11) is 0. The van der Waals surface area contributed by atoms with Crippen LogP contribution in [0.1, 0.15) is 18.1 Å². The van der Waals surface area contributed by atoms with Gasteiger partial charge < -0.3 is 19.5 Å². The van der Waals surface area contributed by atoms with Gasteiger partial charge in [-0.2, -0.15) is 0 Å². The van der Waals surface area contributed by atoms with E-state index in [4.69, 9.17) is 14.2 Å². The van der Waals surface area contributed by atoms with E-state index >= 15 is 0 Å². The van der Waals surface area contributed by atoms with E-state index in [1.165, 1.54) is 0 Å². The minimum Gasteiger partial charge on any atom is -0.486 e. The van der Waals surface area contributed by atoms with Gasteiger partial charge in [0.05, 0.1) is 13.2 Å². The molecule has 104 valence electrons. The number of rotatable bonds is 5. The number of fused-ring (bicyclic) bond motifs is 1. The SMILES string of the molecule is CCOC(=O)CNCc1cc2c(cc1C)OCCO2. The number of hydrogen-bond acceptors (Lipinski definition) is 5. The van der Waals surface area contributed by atoms with Crippen molar-refractivity contribution in [2.75, 3.05) is 26.4 Å². The van der Waals surface area contributed by atoms with Gasteiger partial charge in [0, 0.05) is 6.54 Å². The Balaban J connectivity index is 1.95. The van der Waals surface area contributed by atoms with Crippen LogP contribution in [-0.4, -0.2) is 32.3 Å². The zero-order valence-corrected chi connectivity index (χ0v) is 11.3. The summed E-state index contributed by atoms with van der Waals surface area (Å²) < 4.78 is 15.9. The molecule has 1 heterocycles. The molecule has 5 heteroatoms. The van der Waals surface area contributed by atoms with Crippen molar-refractivity contribution < 1.29 is 19.0 Å². The molecule has 1 aromatic rings. The molecule has 2 rings (SSSR count). The van der Waals surface area contributed by atoms with Crippen molar-refractivity contribution in [1.82, 2.24) is 5.32 Å². The lowest BCUT2D eigenvalue weighted by Gasteiger charge is -2.20. The van der Waals surface area contributed by atoms with Gasteiger partial charge >= 0.3 is 5.97 Å². The monoisotopic (exact) mass is 265 g/mol. The average Bonchev–Trinajstić information content (AvgIpc) is 2.39. The Hall–Kier alpha value is -1.75. The van der Waals surface area contributed by atoms with Crippen LogP contribution in [-0.2, 0) is 16.1 Å². The average molecular weight is 265 g/mol. The van der Waals surface area contributed by atoms with Gasteiger partial charge in [0.15, 0.2) is 11.5 Å². The predicted molar refractivity (Wildman–Crippen MR) is 70.5 cm³/mol. The molecule has 1 aliphatic rings. The van der Waals surface area contributed by atoms with E-state index in [1.807, 2.05) is 19.1 Å². The first kappa shape index (κ1) is 13.7. The Morgan fingerprint density at radius 1 is 1.32 bits per heavy atom. The number of carbonyl (C=O) groups excluding carboxylic acids is 1. The first-order valence-corrected chi connectivity index (χ1v) is 6.46. The van der Waals surface area contributed by atoms with E-state index in [0.29, 0.717) is 26.4 Å². The molecular weight excluding hydrogens is 246 g/mol. The quantitative estimate of drug-likeness (QED) is 0.816. The summed E-state index contributed by atoms with van der Waals surface area (Å²) in [5.41, 5.74) is 2.20. The van der Waals surface area contributed by atoms with Gasteiger partial charge in [0.25, 0.3) is 0 Å². The third-order valence-electron chi connectivity index (χ3n) is 2.89. The van der Waals surface area contributed by atoms with Gasteiger partial charge in [-0.15, -0.1) is 0 Å². The predicted octanol–water partition coefficient (Wildman–Crippen LogP) is 1.42. The zero-order valence-electron chi connectivity index (χ0n) is 11.3. The number of carbonyl (C=O) groups is 1. The second-order valence-corrected chi connectivity index (χ2v) is 4.33. The molecule has 1 N–H and O–H groups in total. The minimum absolute atomic E-state index is 0.210. The summed E-state index contributed by atoms with van der Waals surface area (Å²) >= 11 is 0. The number of nitrogens with one attached hydrogen (secondary N) is 1. The maximum absolute atomic E-state index is 11.2. The molecule has 0 unspecified atom stereocenters. The normalized spacial score (nSPS) is 13.2. The van der Waals surface area contributed by atoms with E-state index in [9.17, 15) is 4.79 Å². The Bertz CT molecular complexity index is 459. The summed E-state index contributed by atoms with van der Waals surface area (Å²) in [4.78, 5) is 11.2.